The molecule has 0 aliphatic rings. The molecule has 0 saturated heterocycles. The van der Waals surface area contributed by atoms with Gasteiger partial charge in [0.15, 0.2) is 0 Å². The Morgan fingerprint density at radius 1 is 1.24 bits per heavy atom. The highest BCUT2D eigenvalue weighted by Gasteiger charge is 2.06. The normalized spacial score (nSPS) is 12.6. The molecule has 17 heavy (non-hydrogen) atoms. The van der Waals surface area contributed by atoms with E-state index in [1.165, 1.54) is 11.1 Å². The van der Waals surface area contributed by atoms with Gasteiger partial charge in [0, 0.05) is 13.1 Å². The predicted molar refractivity (Wildman–Crippen MR) is 72.2 cm³/mol. The molecule has 0 aliphatic heterocycles. The topological polar surface area (TPSA) is 32.3 Å². The van der Waals surface area contributed by atoms with Gasteiger partial charge in [-0.2, -0.15) is 11.3 Å². The molecule has 1 aromatic heterocycles. The Labute approximate surface area is 106 Å². The quantitative estimate of drug-likeness (QED) is 0.851. The molecule has 2 rings (SSSR count). The summed E-state index contributed by atoms with van der Waals surface area (Å²) in [7, 11) is 0. The zero-order valence-electron chi connectivity index (χ0n) is 9.89. The second-order valence-electron chi connectivity index (χ2n) is 4.19. The van der Waals surface area contributed by atoms with E-state index in [1.807, 2.05) is 16.8 Å². The van der Waals surface area contributed by atoms with Crippen molar-refractivity contribution in [2.24, 2.45) is 0 Å². The molecular weight excluding hydrogens is 230 g/mol. The number of hydrogen-bond donors (Lipinski definition) is 2. The highest BCUT2D eigenvalue weighted by molar-refractivity contribution is 7.07. The maximum Gasteiger partial charge on any atom is 0.0922 e. The van der Waals surface area contributed by atoms with E-state index in [0.717, 1.165) is 12.1 Å². The van der Waals surface area contributed by atoms with Crippen LogP contribution in [0, 0.1) is 6.92 Å². The van der Waals surface area contributed by atoms with Gasteiger partial charge in [-0.3, -0.25) is 0 Å². The molecule has 1 atom stereocenters. The van der Waals surface area contributed by atoms with E-state index in [9.17, 15) is 5.11 Å². The fraction of sp³-hybridized carbons (Fsp3) is 0.286. The monoisotopic (exact) mass is 247 g/mol. The maximum absolute atomic E-state index is 9.88. The zero-order chi connectivity index (χ0) is 12.1. The number of nitrogens with one attached hydrogen (secondary N) is 1. The van der Waals surface area contributed by atoms with Crippen molar-refractivity contribution in [3.63, 3.8) is 0 Å². The number of aliphatic hydroxyl groups excluding tert-OH is 1. The number of hydrogen-bond acceptors (Lipinski definition) is 3. The van der Waals surface area contributed by atoms with Crippen LogP contribution in [0.5, 0.6) is 0 Å². The van der Waals surface area contributed by atoms with Gasteiger partial charge in [0.25, 0.3) is 0 Å². The summed E-state index contributed by atoms with van der Waals surface area (Å²) in [6, 6.07) is 10.4. The Bertz CT molecular complexity index is 436. The van der Waals surface area contributed by atoms with Gasteiger partial charge < -0.3 is 10.4 Å². The second kappa shape index (κ2) is 5.96. The molecule has 2 aromatic rings. The van der Waals surface area contributed by atoms with Gasteiger partial charge in [0.2, 0.25) is 0 Å². The van der Waals surface area contributed by atoms with E-state index in [2.05, 4.69) is 36.5 Å². The van der Waals surface area contributed by atoms with Crippen molar-refractivity contribution in [2.75, 3.05) is 6.54 Å². The van der Waals surface area contributed by atoms with Crippen molar-refractivity contribution in [3.05, 3.63) is 57.8 Å². The lowest BCUT2D eigenvalue weighted by atomic mass is 10.1. The summed E-state index contributed by atoms with van der Waals surface area (Å²) in [5.41, 5.74) is 3.51. The number of rotatable bonds is 5. The average Bonchev–Trinajstić information content (AvgIpc) is 2.85. The number of thiophene rings is 1. The molecule has 2 nitrogen and oxygen atoms in total. The molecule has 0 aliphatic carbocycles. The Hall–Kier alpha value is -1.16. The van der Waals surface area contributed by atoms with E-state index in [1.54, 1.807) is 11.3 Å². The summed E-state index contributed by atoms with van der Waals surface area (Å²) in [5.74, 6) is 0. The summed E-state index contributed by atoms with van der Waals surface area (Å²) in [5, 5.41) is 17.1. The lowest BCUT2D eigenvalue weighted by Gasteiger charge is -2.10. The van der Waals surface area contributed by atoms with Crippen molar-refractivity contribution in [3.8, 4) is 0 Å². The van der Waals surface area contributed by atoms with Gasteiger partial charge in [0.05, 0.1) is 6.10 Å². The average molecular weight is 247 g/mol. The van der Waals surface area contributed by atoms with Crippen molar-refractivity contribution in [1.82, 2.24) is 5.32 Å². The third-order valence-electron chi connectivity index (χ3n) is 2.72. The van der Waals surface area contributed by atoms with Crippen LogP contribution < -0.4 is 5.32 Å². The Balaban J connectivity index is 1.78. The summed E-state index contributed by atoms with van der Waals surface area (Å²) < 4.78 is 0. The van der Waals surface area contributed by atoms with Crippen LogP contribution in [0.3, 0.4) is 0 Å². The van der Waals surface area contributed by atoms with Gasteiger partial charge in [-0.05, 0) is 34.9 Å². The summed E-state index contributed by atoms with van der Waals surface area (Å²) in [4.78, 5) is 0. The summed E-state index contributed by atoms with van der Waals surface area (Å²) in [6.07, 6.45) is -0.410. The minimum atomic E-state index is -0.410. The zero-order valence-corrected chi connectivity index (χ0v) is 10.7. The lowest BCUT2D eigenvalue weighted by Crippen LogP contribution is -2.20. The van der Waals surface area contributed by atoms with Crippen LogP contribution in [0.1, 0.15) is 22.8 Å². The smallest absolute Gasteiger partial charge is 0.0922 e. The predicted octanol–water partition coefficient (Wildman–Crippen LogP) is 2.88. The maximum atomic E-state index is 9.88. The molecule has 1 unspecified atom stereocenters. The van der Waals surface area contributed by atoms with Crippen LogP contribution in [0.2, 0.25) is 0 Å². The molecule has 0 fully saturated rings. The van der Waals surface area contributed by atoms with Crippen LogP contribution >= 0.6 is 11.3 Å². The van der Waals surface area contributed by atoms with Crippen LogP contribution in [0.25, 0.3) is 0 Å². The molecule has 90 valence electrons. The first-order chi connectivity index (χ1) is 8.25. The van der Waals surface area contributed by atoms with Gasteiger partial charge >= 0.3 is 0 Å². The Kier molecular flexibility index (Phi) is 4.31. The standard InChI is InChI=1S/C14H17NOS/c1-11-2-4-12(5-3-11)8-15-9-14(16)13-6-7-17-10-13/h2-7,10,14-16H,8-9H2,1H3. The third-order valence-corrected chi connectivity index (χ3v) is 3.42. The fourth-order valence-corrected chi connectivity index (χ4v) is 2.35. The van der Waals surface area contributed by atoms with E-state index in [0.29, 0.717) is 6.54 Å². The van der Waals surface area contributed by atoms with Crippen molar-refractivity contribution in [2.45, 2.75) is 19.6 Å². The van der Waals surface area contributed by atoms with E-state index in [4.69, 9.17) is 0 Å². The first-order valence-electron chi connectivity index (χ1n) is 5.72. The van der Waals surface area contributed by atoms with Crippen LogP contribution in [0.4, 0.5) is 0 Å². The second-order valence-corrected chi connectivity index (χ2v) is 4.97. The first kappa shape index (κ1) is 12.3. The van der Waals surface area contributed by atoms with Crippen molar-refractivity contribution in [1.29, 1.82) is 0 Å². The molecule has 0 spiro atoms. The van der Waals surface area contributed by atoms with Crippen LogP contribution in [-0.2, 0) is 6.54 Å². The molecule has 0 saturated carbocycles. The van der Waals surface area contributed by atoms with Crippen LogP contribution in [-0.4, -0.2) is 11.7 Å². The molecule has 2 N–H and O–H groups in total. The first-order valence-corrected chi connectivity index (χ1v) is 6.66. The number of benzene rings is 1. The van der Waals surface area contributed by atoms with Gasteiger partial charge in [-0.1, -0.05) is 29.8 Å². The molecule has 1 heterocycles. The van der Waals surface area contributed by atoms with E-state index >= 15 is 0 Å². The Morgan fingerprint density at radius 2 is 2.00 bits per heavy atom. The van der Waals surface area contributed by atoms with Gasteiger partial charge in [-0.25, -0.2) is 0 Å². The van der Waals surface area contributed by atoms with Gasteiger partial charge in [-0.15, -0.1) is 0 Å². The van der Waals surface area contributed by atoms with E-state index < -0.39 is 6.10 Å². The number of aliphatic hydroxyl groups is 1. The largest absolute Gasteiger partial charge is 0.387 e. The Morgan fingerprint density at radius 3 is 2.65 bits per heavy atom. The summed E-state index contributed by atoms with van der Waals surface area (Å²) >= 11 is 1.61. The van der Waals surface area contributed by atoms with Gasteiger partial charge in [0.1, 0.15) is 0 Å². The van der Waals surface area contributed by atoms with Crippen molar-refractivity contribution >= 4 is 11.3 Å². The molecule has 0 amide bonds. The third kappa shape index (κ3) is 3.66. The minimum absolute atomic E-state index is 0.410. The molecule has 0 bridgehead atoms. The van der Waals surface area contributed by atoms with Crippen molar-refractivity contribution < 1.29 is 5.11 Å². The molecular formula is C14H17NOS. The highest BCUT2D eigenvalue weighted by Crippen LogP contribution is 2.15. The van der Waals surface area contributed by atoms with Crippen LogP contribution in [0.15, 0.2) is 41.1 Å². The lowest BCUT2D eigenvalue weighted by molar-refractivity contribution is 0.175. The summed E-state index contributed by atoms with van der Waals surface area (Å²) in [6.45, 7) is 3.46. The highest BCUT2D eigenvalue weighted by atomic mass is 32.1. The van der Waals surface area contributed by atoms with E-state index in [-0.39, 0.29) is 0 Å². The minimum Gasteiger partial charge on any atom is -0.387 e. The fourth-order valence-electron chi connectivity index (χ4n) is 1.64. The molecule has 3 heteroatoms. The number of aryl methyl sites for hydroxylation is 1. The molecule has 1 aromatic carbocycles. The SMILES string of the molecule is Cc1ccc(CNCC(O)c2ccsc2)cc1. The molecule has 0 radical (unpaired) electrons.